The molecule has 0 radical (unpaired) electrons. The molecule has 19 heavy (non-hydrogen) atoms. The van der Waals surface area contributed by atoms with Crippen LogP contribution >= 0.6 is 0 Å². The van der Waals surface area contributed by atoms with E-state index in [2.05, 4.69) is 35.0 Å². The number of hydrogen-bond acceptors (Lipinski definition) is 2. The summed E-state index contributed by atoms with van der Waals surface area (Å²) in [7, 11) is 0. The van der Waals surface area contributed by atoms with Gasteiger partial charge >= 0.3 is 0 Å². The highest BCUT2D eigenvalue weighted by molar-refractivity contribution is 5.12. The first-order valence-electron chi connectivity index (χ1n) is 8.09. The predicted octanol–water partition coefficient (Wildman–Crippen LogP) is 2.79. The van der Waals surface area contributed by atoms with E-state index in [1.54, 1.807) is 0 Å². The molecule has 2 saturated carbocycles. The molecule has 2 aliphatic carbocycles. The van der Waals surface area contributed by atoms with Crippen molar-refractivity contribution >= 4 is 0 Å². The zero-order chi connectivity index (χ0) is 13.2. The topological polar surface area (TPSA) is 29.9 Å². The third-order valence-corrected chi connectivity index (χ3v) is 4.87. The molecule has 0 bridgehead atoms. The first-order valence-corrected chi connectivity index (χ1v) is 8.09. The van der Waals surface area contributed by atoms with Crippen molar-refractivity contribution in [1.82, 2.24) is 15.1 Å². The number of aromatic nitrogens is 2. The Bertz CT molecular complexity index is 420. The van der Waals surface area contributed by atoms with Gasteiger partial charge in [0.1, 0.15) is 0 Å². The summed E-state index contributed by atoms with van der Waals surface area (Å²) in [6.45, 7) is 6.64. The summed E-state index contributed by atoms with van der Waals surface area (Å²) < 4.78 is 2.21. The summed E-state index contributed by atoms with van der Waals surface area (Å²) in [5.74, 6) is 1.80. The van der Waals surface area contributed by atoms with Crippen LogP contribution in [-0.2, 0) is 19.4 Å². The van der Waals surface area contributed by atoms with Gasteiger partial charge in [-0.15, -0.1) is 0 Å². The van der Waals surface area contributed by atoms with Gasteiger partial charge in [-0.1, -0.05) is 6.92 Å². The van der Waals surface area contributed by atoms with Crippen molar-refractivity contribution in [2.45, 2.75) is 65.0 Å². The first-order chi connectivity index (χ1) is 9.30. The molecular formula is C16H27N3. The van der Waals surface area contributed by atoms with Crippen molar-refractivity contribution in [3.05, 3.63) is 17.5 Å². The minimum absolute atomic E-state index is 0.856. The quantitative estimate of drug-likeness (QED) is 0.818. The second kappa shape index (κ2) is 5.66. The standard InChI is InChI=1S/C16H27N3/c1-3-14-10-16(19(4-2)18-14)9-12-5-6-13(12)11-17-15-7-8-15/h10,12-13,15,17H,3-9,11H2,1-2H3. The lowest BCUT2D eigenvalue weighted by Gasteiger charge is -2.37. The number of nitrogens with one attached hydrogen (secondary N) is 1. The van der Waals surface area contributed by atoms with Gasteiger partial charge in [0, 0.05) is 18.3 Å². The van der Waals surface area contributed by atoms with Gasteiger partial charge in [0.05, 0.1) is 5.69 Å². The third kappa shape index (κ3) is 3.02. The fourth-order valence-electron chi connectivity index (χ4n) is 3.18. The number of rotatable bonds is 7. The summed E-state index contributed by atoms with van der Waals surface area (Å²) in [5.41, 5.74) is 2.71. The SMILES string of the molecule is CCc1cc(CC2CCC2CNC2CC2)n(CC)n1. The van der Waals surface area contributed by atoms with Crippen LogP contribution in [0.3, 0.4) is 0 Å². The van der Waals surface area contributed by atoms with Crippen molar-refractivity contribution in [3.8, 4) is 0 Å². The Morgan fingerprint density at radius 3 is 2.58 bits per heavy atom. The summed E-state index contributed by atoms with van der Waals surface area (Å²) in [4.78, 5) is 0. The first kappa shape index (κ1) is 13.2. The molecule has 0 saturated heterocycles. The maximum atomic E-state index is 4.67. The average Bonchev–Trinajstić information content (AvgIpc) is 3.13. The van der Waals surface area contributed by atoms with Gasteiger partial charge in [0.2, 0.25) is 0 Å². The number of hydrogen-bond donors (Lipinski definition) is 1. The fourth-order valence-corrected chi connectivity index (χ4v) is 3.18. The second-order valence-electron chi connectivity index (χ2n) is 6.28. The van der Waals surface area contributed by atoms with Crippen LogP contribution in [0.5, 0.6) is 0 Å². The van der Waals surface area contributed by atoms with Crippen LogP contribution in [0.2, 0.25) is 0 Å². The normalized spacial score (nSPS) is 26.4. The highest BCUT2D eigenvalue weighted by atomic mass is 15.3. The van der Waals surface area contributed by atoms with Crippen LogP contribution in [0.4, 0.5) is 0 Å². The van der Waals surface area contributed by atoms with Crippen LogP contribution < -0.4 is 5.32 Å². The highest BCUT2D eigenvalue weighted by Gasteiger charge is 2.33. The van der Waals surface area contributed by atoms with Crippen LogP contribution in [-0.4, -0.2) is 22.4 Å². The molecule has 2 fully saturated rings. The van der Waals surface area contributed by atoms with Crippen molar-refractivity contribution in [1.29, 1.82) is 0 Å². The van der Waals surface area contributed by atoms with Gasteiger partial charge in [0.15, 0.2) is 0 Å². The van der Waals surface area contributed by atoms with Gasteiger partial charge in [0.25, 0.3) is 0 Å². The second-order valence-corrected chi connectivity index (χ2v) is 6.28. The summed E-state index contributed by atoms with van der Waals surface area (Å²) in [5, 5.41) is 8.37. The largest absolute Gasteiger partial charge is 0.314 e. The van der Waals surface area contributed by atoms with E-state index >= 15 is 0 Å². The van der Waals surface area contributed by atoms with Crippen molar-refractivity contribution in [2.24, 2.45) is 11.8 Å². The molecule has 3 heteroatoms. The smallest absolute Gasteiger partial charge is 0.0624 e. The molecule has 0 aliphatic heterocycles. The van der Waals surface area contributed by atoms with Gasteiger partial charge in [-0.05, 0) is 69.9 Å². The van der Waals surface area contributed by atoms with E-state index in [9.17, 15) is 0 Å². The minimum atomic E-state index is 0.856. The van der Waals surface area contributed by atoms with Crippen LogP contribution in [0.1, 0.15) is 50.9 Å². The maximum Gasteiger partial charge on any atom is 0.0624 e. The molecule has 1 N–H and O–H groups in total. The molecule has 1 aromatic rings. The number of nitrogens with zero attached hydrogens (tertiary/aromatic N) is 2. The molecule has 2 aliphatic rings. The Morgan fingerprint density at radius 1 is 1.21 bits per heavy atom. The van der Waals surface area contributed by atoms with Crippen LogP contribution in [0, 0.1) is 11.8 Å². The lowest BCUT2D eigenvalue weighted by molar-refractivity contribution is 0.167. The van der Waals surface area contributed by atoms with Crippen molar-refractivity contribution in [2.75, 3.05) is 6.54 Å². The molecule has 2 atom stereocenters. The lowest BCUT2D eigenvalue weighted by atomic mass is 9.71. The Labute approximate surface area is 116 Å². The molecule has 0 aromatic carbocycles. The van der Waals surface area contributed by atoms with Gasteiger partial charge in [-0.3, -0.25) is 4.68 Å². The van der Waals surface area contributed by atoms with Gasteiger partial charge in [-0.25, -0.2) is 0 Å². The molecule has 1 heterocycles. The fraction of sp³-hybridized carbons (Fsp3) is 0.812. The summed E-state index contributed by atoms with van der Waals surface area (Å²) >= 11 is 0. The van der Waals surface area contributed by atoms with E-state index in [0.717, 1.165) is 30.8 Å². The lowest BCUT2D eigenvalue weighted by Crippen LogP contribution is -2.37. The predicted molar refractivity (Wildman–Crippen MR) is 78.2 cm³/mol. The monoisotopic (exact) mass is 261 g/mol. The van der Waals surface area contributed by atoms with Crippen LogP contribution in [0.15, 0.2) is 6.07 Å². The zero-order valence-electron chi connectivity index (χ0n) is 12.4. The van der Waals surface area contributed by atoms with Gasteiger partial charge < -0.3 is 5.32 Å². The highest BCUT2D eigenvalue weighted by Crippen LogP contribution is 2.37. The Balaban J connectivity index is 1.56. The van der Waals surface area contributed by atoms with E-state index in [1.165, 1.54) is 50.0 Å². The zero-order valence-corrected chi connectivity index (χ0v) is 12.4. The average molecular weight is 261 g/mol. The Hall–Kier alpha value is -0.830. The molecule has 2 unspecified atom stereocenters. The van der Waals surface area contributed by atoms with E-state index < -0.39 is 0 Å². The molecular weight excluding hydrogens is 234 g/mol. The Morgan fingerprint density at radius 2 is 2.00 bits per heavy atom. The summed E-state index contributed by atoms with van der Waals surface area (Å²) in [6.07, 6.45) is 7.92. The summed E-state index contributed by atoms with van der Waals surface area (Å²) in [6, 6.07) is 3.18. The van der Waals surface area contributed by atoms with E-state index in [-0.39, 0.29) is 0 Å². The minimum Gasteiger partial charge on any atom is -0.314 e. The molecule has 3 rings (SSSR count). The van der Waals surface area contributed by atoms with E-state index in [0.29, 0.717) is 0 Å². The number of aryl methyl sites for hydroxylation is 2. The van der Waals surface area contributed by atoms with Crippen molar-refractivity contribution < 1.29 is 0 Å². The van der Waals surface area contributed by atoms with Gasteiger partial charge in [-0.2, -0.15) is 5.10 Å². The van der Waals surface area contributed by atoms with Crippen molar-refractivity contribution in [3.63, 3.8) is 0 Å². The van der Waals surface area contributed by atoms with E-state index in [4.69, 9.17) is 0 Å². The molecule has 3 nitrogen and oxygen atoms in total. The van der Waals surface area contributed by atoms with E-state index in [1.807, 2.05) is 0 Å². The molecule has 0 amide bonds. The molecule has 106 valence electrons. The van der Waals surface area contributed by atoms with Crippen LogP contribution in [0.25, 0.3) is 0 Å². The maximum absolute atomic E-state index is 4.67. The molecule has 0 spiro atoms. The third-order valence-electron chi connectivity index (χ3n) is 4.87. The molecule has 1 aromatic heterocycles. The Kier molecular flexibility index (Phi) is 3.92.